The number of hydrogen-bond acceptors (Lipinski definition) is 2. The van der Waals surface area contributed by atoms with E-state index in [1.807, 2.05) is 0 Å². The number of rotatable bonds is 2. The number of aliphatic hydroxyl groups excluding tert-OH is 1. The first-order valence-corrected chi connectivity index (χ1v) is 5.25. The molecule has 2 N–H and O–H groups in total. The van der Waals surface area contributed by atoms with Crippen LogP contribution in [0.3, 0.4) is 0 Å². The number of fused-ring (bicyclic) bond motifs is 2. The van der Waals surface area contributed by atoms with Crippen molar-refractivity contribution in [3.63, 3.8) is 0 Å². The van der Waals surface area contributed by atoms with Crippen molar-refractivity contribution in [3.8, 4) is 0 Å². The standard InChI is InChI=1S/C10H19NO/c12-5-4-8-6-9-2-1-3-10(7-8)11-9/h8-12H,1-7H2. The van der Waals surface area contributed by atoms with Gasteiger partial charge in [-0.15, -0.1) is 0 Å². The maximum Gasteiger partial charge on any atom is 0.0433 e. The fourth-order valence-corrected chi connectivity index (χ4v) is 2.80. The van der Waals surface area contributed by atoms with Crippen LogP contribution in [0.4, 0.5) is 0 Å². The van der Waals surface area contributed by atoms with Gasteiger partial charge in [0.25, 0.3) is 0 Å². The fraction of sp³-hybridized carbons (Fsp3) is 1.00. The number of nitrogens with one attached hydrogen (secondary N) is 1. The molecular weight excluding hydrogens is 150 g/mol. The van der Waals surface area contributed by atoms with E-state index in [9.17, 15) is 0 Å². The van der Waals surface area contributed by atoms with Gasteiger partial charge in [-0.3, -0.25) is 0 Å². The molecule has 0 amide bonds. The number of aliphatic hydroxyl groups is 1. The van der Waals surface area contributed by atoms with E-state index in [4.69, 9.17) is 5.11 Å². The van der Waals surface area contributed by atoms with Crippen LogP contribution in [0.25, 0.3) is 0 Å². The molecule has 0 aromatic carbocycles. The lowest BCUT2D eigenvalue weighted by molar-refractivity contribution is 0.155. The molecule has 2 unspecified atom stereocenters. The molecule has 70 valence electrons. The van der Waals surface area contributed by atoms with Crippen LogP contribution in [-0.2, 0) is 0 Å². The van der Waals surface area contributed by atoms with Gasteiger partial charge in [-0.25, -0.2) is 0 Å². The van der Waals surface area contributed by atoms with Crippen LogP contribution >= 0.6 is 0 Å². The monoisotopic (exact) mass is 169 g/mol. The zero-order valence-corrected chi connectivity index (χ0v) is 7.63. The lowest BCUT2D eigenvalue weighted by Gasteiger charge is -2.40. The molecule has 0 aromatic heterocycles. The molecule has 2 aliphatic rings. The second kappa shape index (κ2) is 3.75. The van der Waals surface area contributed by atoms with Crippen molar-refractivity contribution in [3.05, 3.63) is 0 Å². The van der Waals surface area contributed by atoms with Gasteiger partial charge in [-0.05, 0) is 38.0 Å². The molecular formula is C10H19NO. The third kappa shape index (κ3) is 1.80. The second-order valence-corrected chi connectivity index (χ2v) is 4.34. The molecule has 2 heteroatoms. The lowest BCUT2D eigenvalue weighted by atomic mass is 9.79. The van der Waals surface area contributed by atoms with E-state index in [-0.39, 0.29) is 0 Å². The highest BCUT2D eigenvalue weighted by molar-refractivity contribution is 4.88. The van der Waals surface area contributed by atoms with Gasteiger partial charge >= 0.3 is 0 Å². The van der Waals surface area contributed by atoms with Crippen LogP contribution < -0.4 is 5.32 Å². The summed E-state index contributed by atoms with van der Waals surface area (Å²) >= 11 is 0. The molecule has 2 heterocycles. The highest BCUT2D eigenvalue weighted by Crippen LogP contribution is 2.30. The SMILES string of the molecule is OCCC1CC2CCCC(C1)N2. The predicted molar refractivity (Wildman–Crippen MR) is 49.0 cm³/mol. The average molecular weight is 169 g/mol. The van der Waals surface area contributed by atoms with Crippen LogP contribution in [0.1, 0.15) is 38.5 Å². The Labute approximate surface area is 74.4 Å². The molecule has 2 saturated heterocycles. The first-order valence-electron chi connectivity index (χ1n) is 5.25. The van der Waals surface area contributed by atoms with Gasteiger partial charge in [-0.1, -0.05) is 6.42 Å². The van der Waals surface area contributed by atoms with Crippen molar-refractivity contribution in [1.29, 1.82) is 0 Å². The summed E-state index contributed by atoms with van der Waals surface area (Å²) in [6.07, 6.45) is 7.76. The Bertz CT molecular complexity index is 137. The van der Waals surface area contributed by atoms with Crippen LogP contribution in [0.2, 0.25) is 0 Å². The average Bonchev–Trinajstić information content (AvgIpc) is 2.04. The van der Waals surface area contributed by atoms with E-state index in [2.05, 4.69) is 5.32 Å². The second-order valence-electron chi connectivity index (χ2n) is 4.34. The molecule has 12 heavy (non-hydrogen) atoms. The molecule has 2 bridgehead atoms. The minimum Gasteiger partial charge on any atom is -0.396 e. The summed E-state index contributed by atoms with van der Waals surface area (Å²) < 4.78 is 0. The zero-order chi connectivity index (χ0) is 8.39. The van der Waals surface area contributed by atoms with Gasteiger partial charge in [0.1, 0.15) is 0 Å². The molecule has 2 rings (SSSR count). The van der Waals surface area contributed by atoms with Gasteiger partial charge in [0.15, 0.2) is 0 Å². The quantitative estimate of drug-likeness (QED) is 0.653. The van der Waals surface area contributed by atoms with Gasteiger partial charge in [0.05, 0.1) is 0 Å². The van der Waals surface area contributed by atoms with Crippen LogP contribution in [-0.4, -0.2) is 23.8 Å². The number of hydrogen-bond donors (Lipinski definition) is 2. The third-order valence-electron chi connectivity index (χ3n) is 3.35. The zero-order valence-electron chi connectivity index (χ0n) is 7.63. The van der Waals surface area contributed by atoms with Gasteiger partial charge in [0, 0.05) is 18.7 Å². The molecule has 0 radical (unpaired) electrons. The first-order chi connectivity index (χ1) is 5.88. The molecule has 2 fully saturated rings. The Hall–Kier alpha value is -0.0800. The topological polar surface area (TPSA) is 32.3 Å². The Morgan fingerprint density at radius 2 is 1.83 bits per heavy atom. The van der Waals surface area contributed by atoms with Crippen molar-refractivity contribution < 1.29 is 5.11 Å². The van der Waals surface area contributed by atoms with Crippen molar-refractivity contribution in [1.82, 2.24) is 5.32 Å². The van der Waals surface area contributed by atoms with Crippen LogP contribution in [0.15, 0.2) is 0 Å². The lowest BCUT2D eigenvalue weighted by Crippen LogP contribution is -2.48. The summed E-state index contributed by atoms with van der Waals surface area (Å²) in [6, 6.07) is 1.54. The smallest absolute Gasteiger partial charge is 0.0433 e. The largest absolute Gasteiger partial charge is 0.396 e. The molecule has 2 atom stereocenters. The van der Waals surface area contributed by atoms with E-state index in [1.165, 1.54) is 32.1 Å². The molecule has 2 nitrogen and oxygen atoms in total. The summed E-state index contributed by atoms with van der Waals surface area (Å²) in [5.74, 6) is 0.798. The van der Waals surface area contributed by atoms with Crippen molar-refractivity contribution in [2.45, 2.75) is 50.6 Å². The predicted octanol–water partition coefficient (Wildman–Crippen LogP) is 1.29. The normalized spacial score (nSPS) is 41.2. The fourth-order valence-electron chi connectivity index (χ4n) is 2.80. The molecule has 0 aromatic rings. The Balaban J connectivity index is 1.87. The summed E-state index contributed by atoms with van der Waals surface area (Å²) in [6.45, 7) is 0.379. The number of piperidine rings is 2. The van der Waals surface area contributed by atoms with Crippen LogP contribution in [0.5, 0.6) is 0 Å². The van der Waals surface area contributed by atoms with Crippen molar-refractivity contribution >= 4 is 0 Å². The van der Waals surface area contributed by atoms with Gasteiger partial charge < -0.3 is 10.4 Å². The Kier molecular flexibility index (Phi) is 2.66. The maximum atomic E-state index is 8.86. The van der Waals surface area contributed by atoms with Crippen LogP contribution in [0, 0.1) is 5.92 Å². The van der Waals surface area contributed by atoms with Crippen molar-refractivity contribution in [2.75, 3.05) is 6.61 Å². The maximum absolute atomic E-state index is 8.86. The minimum atomic E-state index is 0.379. The highest BCUT2D eigenvalue weighted by atomic mass is 16.3. The summed E-state index contributed by atoms with van der Waals surface area (Å²) in [5, 5.41) is 12.5. The summed E-state index contributed by atoms with van der Waals surface area (Å²) in [5.41, 5.74) is 0. The van der Waals surface area contributed by atoms with E-state index in [0.29, 0.717) is 6.61 Å². The minimum absolute atomic E-state index is 0.379. The summed E-state index contributed by atoms with van der Waals surface area (Å²) in [4.78, 5) is 0. The molecule has 0 spiro atoms. The summed E-state index contributed by atoms with van der Waals surface area (Å²) in [7, 11) is 0. The van der Waals surface area contributed by atoms with Crippen molar-refractivity contribution in [2.24, 2.45) is 5.92 Å². The first kappa shape index (κ1) is 8.52. The Morgan fingerprint density at radius 1 is 1.17 bits per heavy atom. The molecule has 0 aliphatic carbocycles. The van der Waals surface area contributed by atoms with Gasteiger partial charge in [0.2, 0.25) is 0 Å². The Morgan fingerprint density at radius 3 is 2.42 bits per heavy atom. The van der Waals surface area contributed by atoms with E-state index in [0.717, 1.165) is 24.4 Å². The third-order valence-corrected chi connectivity index (χ3v) is 3.35. The molecule has 2 aliphatic heterocycles. The highest BCUT2D eigenvalue weighted by Gasteiger charge is 2.30. The molecule has 0 saturated carbocycles. The van der Waals surface area contributed by atoms with E-state index < -0.39 is 0 Å². The van der Waals surface area contributed by atoms with Gasteiger partial charge in [-0.2, -0.15) is 0 Å². The van der Waals surface area contributed by atoms with E-state index in [1.54, 1.807) is 0 Å². The van der Waals surface area contributed by atoms with E-state index >= 15 is 0 Å².